The molecule has 0 atom stereocenters. The smallest absolute Gasteiger partial charge is 0.335 e. The van der Waals surface area contributed by atoms with Gasteiger partial charge in [-0.15, -0.1) is 0 Å². The number of nitrogens with one attached hydrogen (secondary N) is 1. The van der Waals surface area contributed by atoms with Gasteiger partial charge in [0.1, 0.15) is 5.82 Å². The molecule has 0 aliphatic carbocycles. The Kier molecular flexibility index (Phi) is 8.16. The third-order valence-corrected chi connectivity index (χ3v) is 6.27. The lowest BCUT2D eigenvalue weighted by Crippen LogP contribution is -2.40. The molecule has 0 aliphatic rings. The molecule has 0 bridgehead atoms. The van der Waals surface area contributed by atoms with Gasteiger partial charge in [-0.1, -0.05) is 18.2 Å². The first-order valence-electron chi connectivity index (χ1n) is 10.3. The normalized spacial score (nSPS) is 12.8. The molecule has 0 amide bonds. The van der Waals surface area contributed by atoms with Crippen molar-refractivity contribution < 1.29 is 32.2 Å². The summed E-state index contributed by atoms with van der Waals surface area (Å²) < 4.78 is 46.8. The van der Waals surface area contributed by atoms with E-state index in [0.29, 0.717) is 16.7 Å². The maximum absolute atomic E-state index is 13.9. The van der Waals surface area contributed by atoms with E-state index in [2.05, 4.69) is 4.72 Å². The average Bonchev–Trinajstić information content (AvgIpc) is 2.68. The predicted octanol–water partition coefficient (Wildman–Crippen LogP) is 4.05. The molecule has 0 saturated heterocycles. The molecule has 0 heterocycles. The van der Waals surface area contributed by atoms with E-state index in [9.17, 15) is 27.5 Å². The van der Waals surface area contributed by atoms with Crippen LogP contribution < -0.4 is 4.72 Å². The van der Waals surface area contributed by atoms with Crippen LogP contribution in [0.3, 0.4) is 0 Å². The van der Waals surface area contributed by atoms with Crippen LogP contribution in [0.5, 0.6) is 0 Å². The summed E-state index contributed by atoms with van der Waals surface area (Å²) in [7, 11) is -3.80. The molecule has 2 aromatic rings. The van der Waals surface area contributed by atoms with Gasteiger partial charge in [0.05, 0.1) is 23.5 Å². The Hall–Kier alpha value is -3.04. The maximum Gasteiger partial charge on any atom is 0.335 e. The molecule has 0 aromatic heterocycles. The number of benzene rings is 2. The number of hydrogen-bond donors (Lipinski definition) is 2. The van der Waals surface area contributed by atoms with Crippen LogP contribution in [0.15, 0.2) is 52.9 Å². The lowest BCUT2D eigenvalue weighted by molar-refractivity contribution is -0.142. The zero-order valence-corrected chi connectivity index (χ0v) is 20.0. The highest BCUT2D eigenvalue weighted by Crippen LogP contribution is 2.31. The van der Waals surface area contributed by atoms with Crippen molar-refractivity contribution in [2.75, 3.05) is 6.61 Å². The van der Waals surface area contributed by atoms with Crippen LogP contribution in [0.1, 0.15) is 50.8 Å². The van der Waals surface area contributed by atoms with Crippen LogP contribution in [-0.4, -0.2) is 37.6 Å². The number of aryl methyl sites for hydroxylation is 1. The fourth-order valence-electron chi connectivity index (χ4n) is 3.21. The van der Waals surface area contributed by atoms with Gasteiger partial charge in [-0.05, 0) is 81.1 Å². The van der Waals surface area contributed by atoms with Gasteiger partial charge in [0.2, 0.25) is 10.0 Å². The molecule has 0 aliphatic heterocycles. The van der Waals surface area contributed by atoms with Crippen LogP contribution in [0.4, 0.5) is 4.39 Å². The fraction of sp³-hybridized carbons (Fsp3) is 0.333. The van der Waals surface area contributed by atoms with E-state index < -0.39 is 39.7 Å². The van der Waals surface area contributed by atoms with Gasteiger partial charge in [-0.25, -0.2) is 22.3 Å². The Morgan fingerprint density at radius 2 is 1.64 bits per heavy atom. The number of carboxylic acid groups (broad SMARTS) is 1. The van der Waals surface area contributed by atoms with Crippen LogP contribution in [0, 0.1) is 12.7 Å². The lowest BCUT2D eigenvalue weighted by Gasteiger charge is -2.20. The minimum Gasteiger partial charge on any atom is -0.481 e. The number of hydrogen-bond acceptors (Lipinski definition) is 5. The summed E-state index contributed by atoms with van der Waals surface area (Å²) in [6.45, 7) is 8.33. The molecule has 2 aromatic carbocycles. The average molecular weight is 478 g/mol. The molecule has 2 rings (SSSR count). The van der Waals surface area contributed by atoms with Crippen LogP contribution in [-0.2, 0) is 24.3 Å². The molecule has 9 heteroatoms. The summed E-state index contributed by atoms with van der Waals surface area (Å²) in [5.74, 6) is -2.52. The molecular weight excluding hydrogens is 449 g/mol. The van der Waals surface area contributed by atoms with Crippen molar-refractivity contribution in [1.29, 1.82) is 0 Å². The quantitative estimate of drug-likeness (QED) is 0.438. The molecule has 178 valence electrons. The van der Waals surface area contributed by atoms with Crippen molar-refractivity contribution in [3.63, 3.8) is 0 Å². The number of carbonyl (C=O) groups is 2. The highest BCUT2D eigenvalue weighted by molar-refractivity contribution is 7.89. The third kappa shape index (κ3) is 6.97. The number of carbonyl (C=O) groups excluding carboxylic acids is 1. The highest BCUT2D eigenvalue weighted by atomic mass is 32.2. The van der Waals surface area contributed by atoms with Crippen LogP contribution in [0.25, 0.3) is 5.57 Å². The largest absolute Gasteiger partial charge is 0.481 e. The number of ether oxygens (including phenoxy) is 1. The van der Waals surface area contributed by atoms with E-state index in [-0.39, 0.29) is 22.6 Å². The Morgan fingerprint density at radius 1 is 1.06 bits per heavy atom. The summed E-state index contributed by atoms with van der Waals surface area (Å²) in [4.78, 5) is 24.2. The lowest BCUT2D eigenvalue weighted by atomic mass is 9.90. The number of halogens is 1. The van der Waals surface area contributed by atoms with Crippen molar-refractivity contribution in [3.05, 3.63) is 70.5 Å². The second-order valence-corrected chi connectivity index (χ2v) is 10.2. The molecular formula is C24H28FNO6S. The second-order valence-electron chi connectivity index (χ2n) is 8.49. The summed E-state index contributed by atoms with van der Waals surface area (Å²) in [6, 6.07) is 9.84. The Balaban J connectivity index is 2.73. The standard InChI is InChI=1S/C24H28FNO6S/c1-6-32-23(29)19(14-21(27)28)22(17-9-12-20(25)15(2)13-17)16-7-10-18(11-8-16)33(30,31)26-24(3,4)5/h7-13,26H,6,14H2,1-5H3,(H,27,28). The van der Waals surface area contributed by atoms with Gasteiger partial charge in [-0.3, -0.25) is 4.79 Å². The second kappa shape index (κ2) is 10.3. The van der Waals surface area contributed by atoms with Crippen LogP contribution >= 0.6 is 0 Å². The topological polar surface area (TPSA) is 110 Å². The van der Waals surface area contributed by atoms with Crippen molar-refractivity contribution in [2.24, 2.45) is 0 Å². The molecule has 0 saturated carbocycles. The molecule has 0 unspecified atom stereocenters. The van der Waals surface area contributed by atoms with Crippen LogP contribution in [0.2, 0.25) is 0 Å². The highest BCUT2D eigenvalue weighted by Gasteiger charge is 2.25. The number of rotatable bonds is 8. The van der Waals surface area contributed by atoms with Gasteiger partial charge in [0.15, 0.2) is 0 Å². The number of sulfonamides is 1. The van der Waals surface area contributed by atoms with E-state index in [1.54, 1.807) is 34.6 Å². The molecule has 0 fully saturated rings. The molecule has 33 heavy (non-hydrogen) atoms. The molecule has 2 N–H and O–H groups in total. The Labute approximate surface area is 193 Å². The van der Waals surface area contributed by atoms with E-state index in [0.717, 1.165) is 0 Å². The fourth-order valence-corrected chi connectivity index (χ4v) is 4.63. The van der Waals surface area contributed by atoms with Crippen molar-refractivity contribution in [3.8, 4) is 0 Å². The van der Waals surface area contributed by atoms with Gasteiger partial charge in [0, 0.05) is 5.54 Å². The number of aliphatic carboxylic acids is 1. The van der Waals surface area contributed by atoms with E-state index >= 15 is 0 Å². The van der Waals surface area contributed by atoms with Crippen molar-refractivity contribution in [1.82, 2.24) is 4.72 Å². The van der Waals surface area contributed by atoms with Crippen molar-refractivity contribution in [2.45, 2.75) is 51.5 Å². The summed E-state index contributed by atoms with van der Waals surface area (Å²) in [5, 5.41) is 9.41. The Morgan fingerprint density at radius 3 is 2.12 bits per heavy atom. The minimum atomic E-state index is -3.80. The third-order valence-electron chi connectivity index (χ3n) is 4.49. The number of esters is 1. The van der Waals surface area contributed by atoms with Gasteiger partial charge < -0.3 is 9.84 Å². The zero-order chi connectivity index (χ0) is 25.0. The van der Waals surface area contributed by atoms with Gasteiger partial charge in [0.25, 0.3) is 0 Å². The first-order chi connectivity index (χ1) is 15.2. The molecule has 0 spiro atoms. The first kappa shape index (κ1) is 26.2. The monoisotopic (exact) mass is 477 g/mol. The Bertz CT molecular complexity index is 1180. The van der Waals surface area contributed by atoms with E-state index in [1.165, 1.54) is 42.5 Å². The summed E-state index contributed by atoms with van der Waals surface area (Å²) in [6.07, 6.45) is -0.629. The summed E-state index contributed by atoms with van der Waals surface area (Å²) >= 11 is 0. The maximum atomic E-state index is 13.9. The SMILES string of the molecule is CCOC(=O)C(CC(=O)O)=C(c1ccc(S(=O)(=O)NC(C)(C)C)cc1)c1ccc(F)c(C)c1. The zero-order valence-electron chi connectivity index (χ0n) is 19.2. The van der Waals surface area contributed by atoms with E-state index in [1.807, 2.05) is 0 Å². The first-order valence-corrected chi connectivity index (χ1v) is 11.8. The number of carboxylic acids is 1. The summed E-state index contributed by atoms with van der Waals surface area (Å²) in [5.41, 5.74) is 0.511. The van der Waals surface area contributed by atoms with E-state index in [4.69, 9.17) is 4.74 Å². The molecule has 7 nitrogen and oxygen atoms in total. The predicted molar refractivity (Wildman–Crippen MR) is 123 cm³/mol. The minimum absolute atomic E-state index is 0.00623. The molecule has 0 radical (unpaired) electrons. The van der Waals surface area contributed by atoms with Crippen molar-refractivity contribution >= 4 is 27.5 Å². The van der Waals surface area contributed by atoms with Gasteiger partial charge in [-0.2, -0.15) is 0 Å². The van der Waals surface area contributed by atoms with Gasteiger partial charge >= 0.3 is 11.9 Å².